The van der Waals surface area contributed by atoms with Gasteiger partial charge in [0.05, 0.1) is 12.5 Å². The molecule has 2 N–H and O–H groups in total. The van der Waals surface area contributed by atoms with E-state index in [-0.39, 0.29) is 0 Å². The summed E-state index contributed by atoms with van der Waals surface area (Å²) in [7, 11) is 0. The highest BCUT2D eigenvalue weighted by molar-refractivity contribution is 6.02. The smallest absolute Gasteiger partial charge is 0.177 e. The number of rotatable bonds is 2. The van der Waals surface area contributed by atoms with Gasteiger partial charge < -0.3 is 14.6 Å². The molecule has 0 amide bonds. The number of benzene rings is 1. The first kappa shape index (κ1) is 8.56. The summed E-state index contributed by atoms with van der Waals surface area (Å²) in [6.07, 6.45) is 4.22. The zero-order valence-corrected chi connectivity index (χ0v) is 8.19. The van der Waals surface area contributed by atoms with Crippen LogP contribution in [0.15, 0.2) is 39.6 Å². The molecule has 0 aliphatic heterocycles. The van der Waals surface area contributed by atoms with Crippen molar-refractivity contribution in [1.82, 2.24) is 0 Å². The Balaban J connectivity index is 2.43. The summed E-state index contributed by atoms with van der Waals surface area (Å²) in [6, 6.07) is 6.02. The summed E-state index contributed by atoms with van der Waals surface area (Å²) in [5, 5.41) is 2.17. The summed E-state index contributed by atoms with van der Waals surface area (Å²) in [5.41, 5.74) is 8.44. The second kappa shape index (κ2) is 3.14. The fourth-order valence-corrected chi connectivity index (χ4v) is 1.98. The van der Waals surface area contributed by atoms with Crippen molar-refractivity contribution in [2.75, 3.05) is 6.54 Å². The number of nitrogens with two attached hydrogens (primary N) is 1. The molecule has 2 aromatic heterocycles. The highest BCUT2D eigenvalue weighted by Gasteiger charge is 2.10. The van der Waals surface area contributed by atoms with Crippen molar-refractivity contribution in [3.05, 3.63) is 36.3 Å². The maximum absolute atomic E-state index is 5.59. The molecule has 0 bridgehead atoms. The van der Waals surface area contributed by atoms with E-state index >= 15 is 0 Å². The Bertz CT molecular complexity index is 606. The van der Waals surface area contributed by atoms with Crippen LogP contribution in [-0.2, 0) is 6.42 Å². The molecule has 0 fully saturated rings. The highest BCUT2D eigenvalue weighted by atomic mass is 16.4. The SMILES string of the molecule is NCCc1cc2ccoc2c2occc12. The van der Waals surface area contributed by atoms with E-state index in [2.05, 4.69) is 6.07 Å². The van der Waals surface area contributed by atoms with Crippen molar-refractivity contribution < 1.29 is 8.83 Å². The van der Waals surface area contributed by atoms with Crippen LogP contribution in [0.2, 0.25) is 0 Å². The summed E-state index contributed by atoms with van der Waals surface area (Å²) in [5.74, 6) is 0. The Morgan fingerprint density at radius 2 is 1.87 bits per heavy atom. The van der Waals surface area contributed by atoms with Crippen LogP contribution in [0.25, 0.3) is 21.9 Å². The number of hydrogen-bond acceptors (Lipinski definition) is 3. The quantitative estimate of drug-likeness (QED) is 0.693. The number of furan rings is 2. The van der Waals surface area contributed by atoms with Gasteiger partial charge in [-0.2, -0.15) is 0 Å². The van der Waals surface area contributed by atoms with E-state index in [1.165, 1.54) is 5.56 Å². The zero-order valence-electron chi connectivity index (χ0n) is 8.19. The monoisotopic (exact) mass is 201 g/mol. The van der Waals surface area contributed by atoms with Crippen molar-refractivity contribution in [2.24, 2.45) is 5.73 Å². The zero-order chi connectivity index (χ0) is 10.3. The van der Waals surface area contributed by atoms with E-state index < -0.39 is 0 Å². The first-order valence-corrected chi connectivity index (χ1v) is 4.96. The Hall–Kier alpha value is -1.74. The van der Waals surface area contributed by atoms with E-state index in [1.807, 2.05) is 12.1 Å². The lowest BCUT2D eigenvalue weighted by Crippen LogP contribution is -2.02. The van der Waals surface area contributed by atoms with E-state index in [4.69, 9.17) is 14.6 Å². The third-order valence-corrected chi connectivity index (χ3v) is 2.66. The second-order valence-electron chi connectivity index (χ2n) is 3.58. The summed E-state index contributed by atoms with van der Waals surface area (Å²) < 4.78 is 10.8. The van der Waals surface area contributed by atoms with Gasteiger partial charge in [-0.15, -0.1) is 0 Å². The molecule has 0 aliphatic carbocycles. The molecule has 0 saturated carbocycles. The van der Waals surface area contributed by atoms with Gasteiger partial charge in [0.1, 0.15) is 0 Å². The van der Waals surface area contributed by atoms with Gasteiger partial charge in [-0.25, -0.2) is 0 Å². The molecular formula is C12H11NO2. The van der Waals surface area contributed by atoms with E-state index in [0.29, 0.717) is 6.54 Å². The lowest BCUT2D eigenvalue weighted by molar-refractivity contribution is 0.582. The topological polar surface area (TPSA) is 52.3 Å². The van der Waals surface area contributed by atoms with Gasteiger partial charge in [0.15, 0.2) is 11.2 Å². The minimum absolute atomic E-state index is 0.642. The molecule has 0 radical (unpaired) electrons. The molecule has 3 rings (SSSR count). The van der Waals surface area contributed by atoms with Gasteiger partial charge in [-0.3, -0.25) is 0 Å². The third kappa shape index (κ3) is 1.17. The standard InChI is InChI=1S/C12H11NO2/c13-4-1-8-7-9-2-5-14-11(9)12-10(8)3-6-15-12/h2-3,5-7H,1,4,13H2. The van der Waals surface area contributed by atoms with E-state index in [0.717, 1.165) is 28.4 Å². The second-order valence-corrected chi connectivity index (χ2v) is 3.58. The van der Waals surface area contributed by atoms with Crippen molar-refractivity contribution in [3.63, 3.8) is 0 Å². The summed E-state index contributed by atoms with van der Waals surface area (Å²) >= 11 is 0. The lowest BCUT2D eigenvalue weighted by atomic mass is 10.1. The largest absolute Gasteiger partial charge is 0.460 e. The molecule has 76 valence electrons. The Labute approximate surface area is 86.5 Å². The van der Waals surface area contributed by atoms with Gasteiger partial charge in [0.25, 0.3) is 0 Å². The van der Waals surface area contributed by atoms with Gasteiger partial charge in [-0.05, 0) is 36.7 Å². The first-order valence-electron chi connectivity index (χ1n) is 4.96. The van der Waals surface area contributed by atoms with Crippen LogP contribution in [0.3, 0.4) is 0 Å². The molecule has 0 unspecified atom stereocenters. The van der Waals surface area contributed by atoms with E-state index in [1.54, 1.807) is 12.5 Å². The number of hydrogen-bond donors (Lipinski definition) is 1. The van der Waals surface area contributed by atoms with Crippen LogP contribution >= 0.6 is 0 Å². The minimum atomic E-state index is 0.642. The summed E-state index contributed by atoms with van der Waals surface area (Å²) in [6.45, 7) is 0.642. The molecule has 0 atom stereocenters. The van der Waals surface area contributed by atoms with Gasteiger partial charge >= 0.3 is 0 Å². The fourth-order valence-electron chi connectivity index (χ4n) is 1.98. The van der Waals surface area contributed by atoms with Gasteiger partial charge in [0.2, 0.25) is 0 Å². The van der Waals surface area contributed by atoms with E-state index in [9.17, 15) is 0 Å². The minimum Gasteiger partial charge on any atom is -0.460 e. The van der Waals surface area contributed by atoms with Crippen LogP contribution in [0, 0.1) is 0 Å². The molecular weight excluding hydrogens is 190 g/mol. The fraction of sp³-hybridized carbons (Fsp3) is 0.167. The predicted molar refractivity (Wildman–Crippen MR) is 58.7 cm³/mol. The lowest BCUT2D eigenvalue weighted by Gasteiger charge is -2.00. The van der Waals surface area contributed by atoms with Crippen molar-refractivity contribution >= 4 is 21.9 Å². The van der Waals surface area contributed by atoms with Crippen molar-refractivity contribution in [1.29, 1.82) is 0 Å². The van der Waals surface area contributed by atoms with Gasteiger partial charge in [-0.1, -0.05) is 0 Å². The Morgan fingerprint density at radius 3 is 2.73 bits per heavy atom. The molecule has 1 aromatic carbocycles. The molecule has 0 aliphatic rings. The Morgan fingerprint density at radius 1 is 1.07 bits per heavy atom. The van der Waals surface area contributed by atoms with Gasteiger partial charge in [0, 0.05) is 10.8 Å². The first-order chi connectivity index (χ1) is 7.40. The molecule has 2 heterocycles. The van der Waals surface area contributed by atoms with Crippen LogP contribution < -0.4 is 5.73 Å². The third-order valence-electron chi connectivity index (χ3n) is 2.66. The molecule has 15 heavy (non-hydrogen) atoms. The highest BCUT2D eigenvalue weighted by Crippen LogP contribution is 2.30. The van der Waals surface area contributed by atoms with Crippen LogP contribution in [0.1, 0.15) is 5.56 Å². The van der Waals surface area contributed by atoms with Crippen LogP contribution in [0.5, 0.6) is 0 Å². The maximum atomic E-state index is 5.59. The molecule has 3 heteroatoms. The van der Waals surface area contributed by atoms with Crippen LogP contribution in [-0.4, -0.2) is 6.54 Å². The Kier molecular flexibility index (Phi) is 1.79. The molecule has 0 saturated heterocycles. The van der Waals surface area contributed by atoms with Crippen molar-refractivity contribution in [2.45, 2.75) is 6.42 Å². The normalized spacial score (nSPS) is 11.5. The average Bonchev–Trinajstić information content (AvgIpc) is 2.84. The maximum Gasteiger partial charge on any atom is 0.177 e. The molecule has 3 nitrogen and oxygen atoms in total. The number of fused-ring (bicyclic) bond motifs is 3. The average molecular weight is 201 g/mol. The molecule has 3 aromatic rings. The van der Waals surface area contributed by atoms with Crippen molar-refractivity contribution in [3.8, 4) is 0 Å². The van der Waals surface area contributed by atoms with Crippen LogP contribution in [0.4, 0.5) is 0 Å². The molecule has 0 spiro atoms. The predicted octanol–water partition coefficient (Wildman–Crippen LogP) is 2.68. The summed E-state index contributed by atoms with van der Waals surface area (Å²) in [4.78, 5) is 0.